The van der Waals surface area contributed by atoms with Gasteiger partial charge < -0.3 is 4.90 Å². The zero-order valence-electron chi connectivity index (χ0n) is 23.5. The number of hydrogen-bond acceptors (Lipinski definition) is 3. The summed E-state index contributed by atoms with van der Waals surface area (Å²) in [6.07, 6.45) is 25.9. The molecule has 0 radical (unpaired) electrons. The third-order valence-electron chi connectivity index (χ3n) is 7.65. The third-order valence-corrected chi connectivity index (χ3v) is 7.65. The average Bonchev–Trinajstić information content (AvgIpc) is 3.20. The van der Waals surface area contributed by atoms with Gasteiger partial charge in [-0.1, -0.05) is 78.3 Å². The van der Waals surface area contributed by atoms with Crippen LogP contribution in [0.4, 0.5) is 0 Å². The molecule has 1 fully saturated rings. The number of piperidine rings is 1. The molecule has 1 aliphatic heterocycles. The lowest BCUT2D eigenvalue weighted by Crippen LogP contribution is -2.35. The van der Waals surface area contributed by atoms with Crippen LogP contribution in [0.2, 0.25) is 0 Å². The second kappa shape index (κ2) is 15.5. The molecule has 1 unspecified atom stereocenters. The van der Waals surface area contributed by atoms with E-state index in [-0.39, 0.29) is 0 Å². The van der Waals surface area contributed by atoms with Crippen molar-refractivity contribution in [1.29, 1.82) is 0 Å². The number of carbonyl (C=O) groups excluding carboxylic acids is 1. The minimum atomic E-state index is 0.653. The number of carbonyl (C=O) groups is 1. The number of rotatable bonds is 7. The van der Waals surface area contributed by atoms with E-state index in [9.17, 15) is 4.79 Å². The van der Waals surface area contributed by atoms with Gasteiger partial charge in [0.15, 0.2) is 0 Å². The van der Waals surface area contributed by atoms with Crippen LogP contribution in [0.1, 0.15) is 74.7 Å². The number of hydrogen-bond donors (Lipinski definition) is 0. The van der Waals surface area contributed by atoms with Crippen molar-refractivity contribution in [2.45, 2.75) is 65.7 Å². The first-order chi connectivity index (χ1) is 18.0. The molecule has 0 amide bonds. The molecule has 3 nitrogen and oxygen atoms in total. The summed E-state index contributed by atoms with van der Waals surface area (Å²) in [7, 11) is 1.92. The fourth-order valence-corrected chi connectivity index (χ4v) is 5.18. The lowest BCUT2D eigenvalue weighted by Gasteiger charge is -2.32. The smallest absolute Gasteiger partial charge is 0.150 e. The molecule has 4 rings (SSSR count). The summed E-state index contributed by atoms with van der Waals surface area (Å²) >= 11 is 0. The summed E-state index contributed by atoms with van der Waals surface area (Å²) in [6.45, 7) is 10.2. The molecule has 0 N–H and O–H groups in total. The quantitative estimate of drug-likeness (QED) is 0.281. The number of benzene rings is 1. The summed E-state index contributed by atoms with van der Waals surface area (Å²) in [5, 5.41) is 0. The van der Waals surface area contributed by atoms with Crippen molar-refractivity contribution in [2.24, 2.45) is 16.8 Å². The highest BCUT2D eigenvalue weighted by Crippen LogP contribution is 2.26. The van der Waals surface area contributed by atoms with Crippen LogP contribution in [0, 0.1) is 18.8 Å². The zero-order valence-corrected chi connectivity index (χ0v) is 23.5. The monoisotopic (exact) mass is 498 g/mol. The Kier molecular flexibility index (Phi) is 12.0. The highest BCUT2D eigenvalue weighted by atomic mass is 16.1. The van der Waals surface area contributed by atoms with E-state index in [4.69, 9.17) is 0 Å². The topological polar surface area (TPSA) is 32.7 Å². The van der Waals surface area contributed by atoms with Crippen LogP contribution in [-0.2, 0) is 0 Å². The molecule has 3 heteroatoms. The van der Waals surface area contributed by atoms with Gasteiger partial charge in [-0.05, 0) is 101 Å². The van der Waals surface area contributed by atoms with E-state index in [1.807, 2.05) is 32.2 Å². The molecule has 2 aliphatic carbocycles. The summed E-state index contributed by atoms with van der Waals surface area (Å²) in [5.41, 5.74) is 7.36. The molecule has 1 aromatic rings. The van der Waals surface area contributed by atoms with Gasteiger partial charge in [-0.15, -0.1) is 0 Å². The maximum atomic E-state index is 10.2. The molecule has 37 heavy (non-hydrogen) atoms. The minimum Gasteiger partial charge on any atom is -0.303 e. The van der Waals surface area contributed by atoms with Gasteiger partial charge in [-0.25, -0.2) is 0 Å². The summed E-state index contributed by atoms with van der Waals surface area (Å²) < 4.78 is 0. The second-order valence-corrected chi connectivity index (χ2v) is 10.7. The molecule has 0 saturated carbocycles. The Morgan fingerprint density at radius 3 is 2.59 bits per heavy atom. The molecule has 0 bridgehead atoms. The molecular weight excluding hydrogens is 452 g/mol. The van der Waals surface area contributed by atoms with Gasteiger partial charge in [0.1, 0.15) is 6.29 Å². The lowest BCUT2D eigenvalue weighted by atomic mass is 9.87. The van der Waals surface area contributed by atoms with Crippen LogP contribution in [0.3, 0.4) is 0 Å². The Labute approximate surface area is 225 Å². The fourth-order valence-electron chi connectivity index (χ4n) is 5.18. The zero-order chi connectivity index (χ0) is 26.5. The van der Waals surface area contributed by atoms with E-state index >= 15 is 0 Å². The highest BCUT2D eigenvalue weighted by molar-refractivity contribution is 6.10. The molecule has 198 valence electrons. The second-order valence-electron chi connectivity index (χ2n) is 10.7. The molecule has 0 spiro atoms. The Bertz CT molecular complexity index is 1060. The Balaban J connectivity index is 0.000000356. The first-order valence-corrected chi connectivity index (χ1v) is 14.1. The van der Waals surface area contributed by atoms with Gasteiger partial charge >= 0.3 is 0 Å². The lowest BCUT2D eigenvalue weighted by molar-refractivity contribution is 0.112. The van der Waals surface area contributed by atoms with Crippen molar-refractivity contribution in [3.8, 4) is 0 Å². The number of aliphatic imine (C=N–C) groups is 1. The van der Waals surface area contributed by atoms with Crippen LogP contribution in [0.5, 0.6) is 0 Å². The van der Waals surface area contributed by atoms with E-state index < -0.39 is 0 Å². The van der Waals surface area contributed by atoms with E-state index in [0.29, 0.717) is 11.8 Å². The van der Waals surface area contributed by atoms with Crippen LogP contribution in [0.15, 0.2) is 88.5 Å². The maximum Gasteiger partial charge on any atom is 0.150 e. The minimum absolute atomic E-state index is 0.653. The van der Waals surface area contributed by atoms with Gasteiger partial charge in [0.25, 0.3) is 0 Å². The number of allylic oxidation sites excluding steroid dienone is 9. The number of nitrogens with zero attached hydrogens (tertiary/aromatic N) is 2. The van der Waals surface area contributed by atoms with E-state index in [2.05, 4.69) is 66.3 Å². The van der Waals surface area contributed by atoms with Crippen LogP contribution >= 0.6 is 0 Å². The predicted octanol–water partition coefficient (Wildman–Crippen LogP) is 8.10. The van der Waals surface area contributed by atoms with Crippen LogP contribution < -0.4 is 0 Å². The van der Waals surface area contributed by atoms with Crippen LogP contribution in [0.25, 0.3) is 0 Å². The maximum absolute atomic E-state index is 10.2. The van der Waals surface area contributed by atoms with E-state index in [1.54, 1.807) is 11.6 Å². The molecule has 1 aromatic carbocycles. The first-order valence-electron chi connectivity index (χ1n) is 14.1. The summed E-state index contributed by atoms with van der Waals surface area (Å²) in [4.78, 5) is 17.4. The number of likely N-dealkylation sites (tertiary alicyclic amines) is 1. The van der Waals surface area contributed by atoms with Crippen molar-refractivity contribution < 1.29 is 4.79 Å². The van der Waals surface area contributed by atoms with Gasteiger partial charge in [-0.3, -0.25) is 9.79 Å². The average molecular weight is 499 g/mol. The molecule has 1 atom stereocenters. The van der Waals surface area contributed by atoms with Gasteiger partial charge in [0, 0.05) is 19.2 Å². The molecular formula is C34H46N2O. The Morgan fingerprint density at radius 1 is 1.14 bits per heavy atom. The van der Waals surface area contributed by atoms with Crippen LogP contribution in [-0.4, -0.2) is 43.6 Å². The third kappa shape index (κ3) is 9.89. The molecule has 1 heterocycles. The van der Waals surface area contributed by atoms with Crippen molar-refractivity contribution in [2.75, 3.05) is 26.7 Å². The van der Waals surface area contributed by atoms with Crippen molar-refractivity contribution in [3.63, 3.8) is 0 Å². The first kappa shape index (κ1) is 28.8. The number of aldehydes is 1. The summed E-state index contributed by atoms with van der Waals surface area (Å²) in [5.74, 6) is 1.36. The SMILES string of the molecule is CN=C(/C=C(\C)C1CCN(CCC2=CCCCC=C2)CC1)C1=CCC(C)C=C1.Cc1cccc(C=O)c1. The largest absolute Gasteiger partial charge is 0.303 e. The molecule has 0 aromatic heterocycles. The van der Waals surface area contributed by atoms with Gasteiger partial charge in [0.05, 0.1) is 5.71 Å². The van der Waals surface area contributed by atoms with E-state index in [1.165, 1.54) is 69.3 Å². The summed E-state index contributed by atoms with van der Waals surface area (Å²) in [6, 6.07) is 7.49. The van der Waals surface area contributed by atoms with Crippen molar-refractivity contribution >= 4 is 12.0 Å². The van der Waals surface area contributed by atoms with E-state index in [0.717, 1.165) is 29.5 Å². The normalized spacial score (nSPS) is 21.5. The van der Waals surface area contributed by atoms with Gasteiger partial charge in [-0.2, -0.15) is 0 Å². The predicted molar refractivity (Wildman–Crippen MR) is 160 cm³/mol. The van der Waals surface area contributed by atoms with Crippen molar-refractivity contribution in [1.82, 2.24) is 4.90 Å². The molecule has 3 aliphatic rings. The number of aryl methyl sites for hydroxylation is 1. The molecule has 1 saturated heterocycles. The van der Waals surface area contributed by atoms with Crippen molar-refractivity contribution in [3.05, 3.63) is 94.6 Å². The standard InChI is InChI=1S/C26H38N2.C8H8O/c1-21-10-12-25(13-11-21)26(27-3)20-22(2)24-15-18-28(19-16-24)17-14-23-8-6-4-5-7-9-23;1-7-3-2-4-8(5-7)6-9/h6,8-10,12-13,20-21,24H,4-5,7,11,14-19H2,1-3H3;2-6H,1H3/b22-20+,27-26?;. The highest BCUT2D eigenvalue weighted by Gasteiger charge is 2.21. The van der Waals surface area contributed by atoms with Gasteiger partial charge in [0.2, 0.25) is 0 Å². The Hall–Kier alpha value is -2.78. The fraction of sp³-hybridized carbons (Fsp3) is 0.471. The Morgan fingerprint density at radius 2 is 1.95 bits per heavy atom.